The summed E-state index contributed by atoms with van der Waals surface area (Å²) in [5, 5.41) is 13.4. The molecule has 3 heterocycles. The van der Waals surface area contributed by atoms with E-state index in [2.05, 4.69) is 5.32 Å². The third kappa shape index (κ3) is 3.27. The molecule has 0 saturated carbocycles. The predicted octanol–water partition coefficient (Wildman–Crippen LogP) is 1.81. The van der Waals surface area contributed by atoms with Gasteiger partial charge in [-0.15, -0.1) is 0 Å². The molecule has 0 aromatic heterocycles. The fourth-order valence-electron chi connectivity index (χ4n) is 3.91. The van der Waals surface area contributed by atoms with E-state index in [4.69, 9.17) is 18.9 Å². The average molecular weight is 424 g/mol. The third-order valence-electron chi connectivity index (χ3n) is 5.53. The Kier molecular flexibility index (Phi) is 4.58. The van der Waals surface area contributed by atoms with Gasteiger partial charge in [-0.3, -0.25) is 9.59 Å². The molecular formula is C22H20N2O7. The topological polar surface area (TPSA) is 107 Å². The second-order valence-electron chi connectivity index (χ2n) is 7.39. The van der Waals surface area contributed by atoms with Gasteiger partial charge in [-0.2, -0.15) is 0 Å². The van der Waals surface area contributed by atoms with E-state index in [1.165, 1.54) is 6.08 Å². The maximum absolute atomic E-state index is 12.6. The maximum Gasteiger partial charge on any atom is 0.257 e. The van der Waals surface area contributed by atoms with Crippen LogP contribution in [0.4, 0.5) is 0 Å². The number of aromatic hydroxyl groups is 1. The normalized spacial score (nSPS) is 16.0. The van der Waals surface area contributed by atoms with Crippen molar-refractivity contribution in [1.29, 1.82) is 0 Å². The first kappa shape index (κ1) is 19.1. The van der Waals surface area contributed by atoms with Crippen molar-refractivity contribution in [3.05, 3.63) is 46.5 Å². The van der Waals surface area contributed by atoms with Crippen molar-refractivity contribution in [2.75, 3.05) is 27.2 Å². The van der Waals surface area contributed by atoms with E-state index in [0.717, 1.165) is 5.56 Å². The molecule has 0 radical (unpaired) electrons. The molecule has 5 rings (SSSR count). The molecule has 9 nitrogen and oxygen atoms in total. The molecule has 0 aliphatic carbocycles. The summed E-state index contributed by atoms with van der Waals surface area (Å²) in [6.45, 7) is 0.778. The Bertz CT molecular complexity index is 1130. The van der Waals surface area contributed by atoms with E-state index in [0.29, 0.717) is 41.3 Å². The lowest BCUT2D eigenvalue weighted by molar-refractivity contribution is -0.116. The molecule has 0 atom stereocenters. The van der Waals surface area contributed by atoms with Crippen LogP contribution < -0.4 is 24.3 Å². The van der Waals surface area contributed by atoms with E-state index < -0.39 is 0 Å². The molecule has 0 unspecified atom stereocenters. The zero-order valence-corrected chi connectivity index (χ0v) is 16.8. The van der Waals surface area contributed by atoms with Gasteiger partial charge in [-0.25, -0.2) is 0 Å². The van der Waals surface area contributed by atoms with Gasteiger partial charge in [0.05, 0.1) is 5.56 Å². The van der Waals surface area contributed by atoms with Crippen molar-refractivity contribution >= 4 is 17.9 Å². The summed E-state index contributed by atoms with van der Waals surface area (Å²) in [6.07, 6.45) is 3.63. The van der Waals surface area contributed by atoms with Gasteiger partial charge in [0, 0.05) is 31.8 Å². The monoisotopic (exact) mass is 424 g/mol. The predicted molar refractivity (Wildman–Crippen MR) is 108 cm³/mol. The fraction of sp³-hybridized carbons (Fsp3) is 0.273. The number of phenolic OH excluding ortho intramolecular Hbond substituents is 1. The smallest absolute Gasteiger partial charge is 0.257 e. The van der Waals surface area contributed by atoms with Crippen molar-refractivity contribution in [2.24, 2.45) is 0 Å². The second kappa shape index (κ2) is 7.42. The summed E-state index contributed by atoms with van der Waals surface area (Å²) >= 11 is 0. The number of phenols is 1. The molecule has 0 saturated heterocycles. The SMILES string of the molecule is CN1CCc2c(CNC(=O)/C=C/c3ccc4c(c3)OCO4)c3c(c(O)c2C1=O)OCO3. The fourth-order valence-corrected chi connectivity index (χ4v) is 3.91. The van der Waals surface area contributed by atoms with Gasteiger partial charge in [-0.1, -0.05) is 6.07 Å². The van der Waals surface area contributed by atoms with Crippen molar-refractivity contribution < 1.29 is 33.6 Å². The number of hydrogen-bond donors (Lipinski definition) is 2. The van der Waals surface area contributed by atoms with Crippen molar-refractivity contribution in [1.82, 2.24) is 10.2 Å². The Hall–Kier alpha value is -3.88. The summed E-state index contributed by atoms with van der Waals surface area (Å²) < 4.78 is 21.5. The standard InChI is InChI=1S/C22H20N2O7/c1-24-7-6-13-14(20-21(31-11-30-20)19(26)18(13)22(24)27)9-23-17(25)5-3-12-2-4-15-16(8-12)29-10-28-15/h2-5,8,26H,6-7,9-11H2,1H3,(H,23,25)/b5-3+. The zero-order valence-electron chi connectivity index (χ0n) is 16.8. The lowest BCUT2D eigenvalue weighted by Crippen LogP contribution is -2.35. The highest BCUT2D eigenvalue weighted by atomic mass is 16.7. The van der Waals surface area contributed by atoms with Gasteiger partial charge in [-0.05, 0) is 35.8 Å². The number of carbonyl (C=O) groups is 2. The van der Waals surface area contributed by atoms with Crippen molar-refractivity contribution in [2.45, 2.75) is 13.0 Å². The van der Waals surface area contributed by atoms with Gasteiger partial charge >= 0.3 is 0 Å². The van der Waals surface area contributed by atoms with Gasteiger partial charge in [0.2, 0.25) is 25.2 Å². The van der Waals surface area contributed by atoms with Crippen LogP contribution in [0.2, 0.25) is 0 Å². The number of benzene rings is 2. The van der Waals surface area contributed by atoms with Crippen LogP contribution in [-0.2, 0) is 17.8 Å². The average Bonchev–Trinajstić information content (AvgIpc) is 3.43. The maximum atomic E-state index is 12.6. The first-order valence-electron chi connectivity index (χ1n) is 9.80. The summed E-state index contributed by atoms with van der Waals surface area (Å²) in [5.74, 6) is 1.02. The van der Waals surface area contributed by atoms with Crippen LogP contribution in [0.3, 0.4) is 0 Å². The second-order valence-corrected chi connectivity index (χ2v) is 7.39. The molecule has 0 spiro atoms. The third-order valence-corrected chi connectivity index (χ3v) is 5.53. The number of fused-ring (bicyclic) bond motifs is 3. The zero-order chi connectivity index (χ0) is 21.5. The first-order valence-corrected chi connectivity index (χ1v) is 9.80. The Morgan fingerprint density at radius 2 is 1.94 bits per heavy atom. The highest BCUT2D eigenvalue weighted by Crippen LogP contribution is 2.48. The van der Waals surface area contributed by atoms with Crippen molar-refractivity contribution in [3.8, 4) is 28.7 Å². The van der Waals surface area contributed by atoms with Crippen LogP contribution >= 0.6 is 0 Å². The number of ether oxygens (including phenoxy) is 4. The molecular weight excluding hydrogens is 404 g/mol. The minimum Gasteiger partial charge on any atom is -0.504 e. The van der Waals surface area contributed by atoms with Gasteiger partial charge < -0.3 is 34.3 Å². The molecule has 31 heavy (non-hydrogen) atoms. The Morgan fingerprint density at radius 3 is 2.81 bits per heavy atom. The highest BCUT2D eigenvalue weighted by Gasteiger charge is 2.35. The minimum atomic E-state index is -0.314. The van der Waals surface area contributed by atoms with Gasteiger partial charge in [0.1, 0.15) is 0 Å². The van der Waals surface area contributed by atoms with E-state index in [9.17, 15) is 14.7 Å². The molecule has 2 amide bonds. The van der Waals surface area contributed by atoms with Crippen LogP contribution in [-0.4, -0.2) is 49.0 Å². The van der Waals surface area contributed by atoms with E-state index >= 15 is 0 Å². The first-order chi connectivity index (χ1) is 15.0. The molecule has 9 heteroatoms. The summed E-state index contributed by atoms with van der Waals surface area (Å²) in [4.78, 5) is 26.6. The number of rotatable bonds is 4. The van der Waals surface area contributed by atoms with Gasteiger partial charge in [0.25, 0.3) is 5.91 Å². The van der Waals surface area contributed by atoms with Gasteiger partial charge in [0.15, 0.2) is 23.0 Å². The molecule has 0 fully saturated rings. The molecule has 2 aromatic rings. The summed E-state index contributed by atoms with van der Waals surface area (Å²) in [6, 6.07) is 5.41. The van der Waals surface area contributed by atoms with E-state index in [-0.39, 0.29) is 49.0 Å². The van der Waals surface area contributed by atoms with Crippen LogP contribution in [0, 0.1) is 0 Å². The number of nitrogens with zero attached hydrogens (tertiary/aromatic N) is 1. The Morgan fingerprint density at radius 1 is 1.16 bits per heavy atom. The van der Waals surface area contributed by atoms with Crippen LogP contribution in [0.15, 0.2) is 24.3 Å². The quantitative estimate of drug-likeness (QED) is 0.721. The van der Waals surface area contributed by atoms with E-state index in [1.54, 1.807) is 30.2 Å². The molecule has 3 aliphatic rings. The Balaban J connectivity index is 1.36. The highest BCUT2D eigenvalue weighted by molar-refractivity contribution is 6.01. The number of hydrogen-bond acceptors (Lipinski definition) is 7. The molecule has 160 valence electrons. The van der Waals surface area contributed by atoms with Crippen LogP contribution in [0.1, 0.15) is 27.0 Å². The lowest BCUT2D eigenvalue weighted by Gasteiger charge is -2.28. The Labute approximate surface area is 177 Å². The number of carbonyl (C=O) groups excluding carboxylic acids is 2. The largest absolute Gasteiger partial charge is 0.504 e. The van der Waals surface area contributed by atoms with Crippen LogP contribution in [0.25, 0.3) is 6.08 Å². The minimum absolute atomic E-state index is 0.0548. The lowest BCUT2D eigenvalue weighted by atomic mass is 9.91. The van der Waals surface area contributed by atoms with E-state index in [1.807, 2.05) is 6.07 Å². The summed E-state index contributed by atoms with van der Waals surface area (Å²) in [7, 11) is 1.68. The molecule has 3 aliphatic heterocycles. The molecule has 0 bridgehead atoms. The van der Waals surface area contributed by atoms with Crippen LogP contribution in [0.5, 0.6) is 28.7 Å². The van der Waals surface area contributed by atoms with Crippen molar-refractivity contribution in [3.63, 3.8) is 0 Å². The number of likely N-dealkylation sites (N-methyl/N-ethyl adjacent to an activating group) is 1. The number of amides is 2. The molecule has 2 aromatic carbocycles. The summed E-state index contributed by atoms with van der Waals surface area (Å²) in [5.41, 5.74) is 2.32. The molecule has 2 N–H and O–H groups in total. The number of nitrogens with one attached hydrogen (secondary N) is 1.